The summed E-state index contributed by atoms with van der Waals surface area (Å²) in [5.74, 6) is -3.03. The van der Waals surface area contributed by atoms with E-state index in [9.17, 15) is 23.9 Å². The summed E-state index contributed by atoms with van der Waals surface area (Å²) < 4.78 is 13.6. The van der Waals surface area contributed by atoms with E-state index < -0.39 is 29.8 Å². The predicted octanol–water partition coefficient (Wildman–Crippen LogP) is 1.10. The first-order valence-electron chi connectivity index (χ1n) is 7.26. The van der Waals surface area contributed by atoms with Crippen LogP contribution < -0.4 is 10.6 Å². The molecule has 0 radical (unpaired) electrons. The topological polar surface area (TPSA) is 95.5 Å². The number of carbonyl (C=O) groups excluding carboxylic acids is 2. The van der Waals surface area contributed by atoms with Gasteiger partial charge in [0.25, 0.3) is 0 Å². The van der Waals surface area contributed by atoms with Crippen LogP contribution in [0.3, 0.4) is 0 Å². The normalized spacial score (nSPS) is 13.3. The van der Waals surface area contributed by atoms with Crippen molar-refractivity contribution in [3.63, 3.8) is 0 Å². The van der Waals surface area contributed by atoms with Crippen molar-refractivity contribution in [2.24, 2.45) is 5.92 Å². The second kappa shape index (κ2) is 8.26. The number of nitrogens with one attached hydrogen (secondary N) is 2. The zero-order valence-corrected chi connectivity index (χ0v) is 13.3. The molecule has 1 rings (SSSR count). The third-order valence-electron chi connectivity index (χ3n) is 3.30. The smallest absolute Gasteiger partial charge is 0.326 e. The van der Waals surface area contributed by atoms with Crippen LogP contribution >= 0.6 is 0 Å². The second-order valence-electron chi connectivity index (χ2n) is 5.62. The Morgan fingerprint density at radius 1 is 1.17 bits per heavy atom. The Hall–Kier alpha value is -2.44. The summed E-state index contributed by atoms with van der Waals surface area (Å²) in [5.41, 5.74) is 0.195. The van der Waals surface area contributed by atoms with Crippen molar-refractivity contribution in [1.82, 2.24) is 10.6 Å². The zero-order valence-electron chi connectivity index (χ0n) is 13.3. The maximum absolute atomic E-state index is 13.6. The summed E-state index contributed by atoms with van der Waals surface area (Å²) >= 11 is 0. The predicted molar refractivity (Wildman–Crippen MR) is 82.1 cm³/mol. The first-order valence-corrected chi connectivity index (χ1v) is 7.26. The third-order valence-corrected chi connectivity index (χ3v) is 3.30. The summed E-state index contributed by atoms with van der Waals surface area (Å²) in [5, 5.41) is 14.1. The monoisotopic (exact) mass is 324 g/mol. The molecule has 0 aliphatic rings. The number of hydrogen-bond donors (Lipinski definition) is 3. The molecule has 3 N–H and O–H groups in total. The van der Waals surface area contributed by atoms with Gasteiger partial charge in [-0.15, -0.1) is 0 Å². The van der Waals surface area contributed by atoms with E-state index in [-0.39, 0.29) is 23.8 Å². The molecule has 0 aliphatic carbocycles. The number of carboxylic acid groups (broad SMARTS) is 1. The minimum Gasteiger partial charge on any atom is -0.480 e. The van der Waals surface area contributed by atoms with Gasteiger partial charge in [-0.25, -0.2) is 9.18 Å². The molecule has 0 aliphatic heterocycles. The molecule has 0 fully saturated rings. The molecular weight excluding hydrogens is 303 g/mol. The fraction of sp³-hybridized carbons (Fsp3) is 0.438. The van der Waals surface area contributed by atoms with Crippen LogP contribution in [-0.4, -0.2) is 35.0 Å². The van der Waals surface area contributed by atoms with Crippen molar-refractivity contribution in [3.8, 4) is 0 Å². The summed E-state index contributed by atoms with van der Waals surface area (Å²) in [6.45, 7) is 4.73. The van der Waals surface area contributed by atoms with Crippen LogP contribution in [-0.2, 0) is 20.8 Å². The first kappa shape index (κ1) is 18.6. The molecule has 6 nitrogen and oxygen atoms in total. The van der Waals surface area contributed by atoms with Crippen LogP contribution in [0.4, 0.5) is 4.39 Å². The molecule has 1 aromatic rings. The van der Waals surface area contributed by atoms with Gasteiger partial charge in [0.05, 0.1) is 0 Å². The van der Waals surface area contributed by atoms with Crippen molar-refractivity contribution < 1.29 is 23.9 Å². The summed E-state index contributed by atoms with van der Waals surface area (Å²) in [6.07, 6.45) is -0.182. The molecule has 0 spiro atoms. The molecular formula is C16H21FN2O4. The number of rotatable bonds is 7. The van der Waals surface area contributed by atoms with Gasteiger partial charge in [0.2, 0.25) is 11.8 Å². The summed E-state index contributed by atoms with van der Waals surface area (Å²) in [4.78, 5) is 34.7. The summed E-state index contributed by atoms with van der Waals surface area (Å²) in [6, 6.07) is 3.64. The lowest BCUT2D eigenvalue weighted by Gasteiger charge is -2.23. The molecule has 2 atom stereocenters. The third kappa shape index (κ3) is 5.69. The molecule has 0 heterocycles. The number of carbonyl (C=O) groups is 3. The Morgan fingerprint density at radius 2 is 1.78 bits per heavy atom. The molecule has 2 amide bonds. The largest absolute Gasteiger partial charge is 0.480 e. The van der Waals surface area contributed by atoms with Gasteiger partial charge in [-0.2, -0.15) is 0 Å². The Labute approximate surface area is 134 Å². The van der Waals surface area contributed by atoms with Crippen molar-refractivity contribution in [3.05, 3.63) is 35.6 Å². The number of amides is 2. The highest BCUT2D eigenvalue weighted by Gasteiger charge is 2.28. The fourth-order valence-corrected chi connectivity index (χ4v) is 2.10. The van der Waals surface area contributed by atoms with E-state index in [0.717, 1.165) is 0 Å². The van der Waals surface area contributed by atoms with Gasteiger partial charge in [-0.05, 0) is 17.5 Å². The number of halogens is 1. The Morgan fingerprint density at radius 3 is 2.26 bits per heavy atom. The molecule has 23 heavy (non-hydrogen) atoms. The minimum atomic E-state index is -1.28. The molecule has 1 aromatic carbocycles. The number of hydrogen-bond acceptors (Lipinski definition) is 3. The molecule has 0 unspecified atom stereocenters. The van der Waals surface area contributed by atoms with Crippen LogP contribution in [0.5, 0.6) is 0 Å². The van der Waals surface area contributed by atoms with Crippen molar-refractivity contribution in [2.75, 3.05) is 0 Å². The van der Waals surface area contributed by atoms with Gasteiger partial charge in [-0.1, -0.05) is 32.0 Å². The summed E-state index contributed by atoms with van der Waals surface area (Å²) in [7, 11) is 0. The second-order valence-corrected chi connectivity index (χ2v) is 5.62. The lowest BCUT2D eigenvalue weighted by Crippen LogP contribution is -2.53. The van der Waals surface area contributed by atoms with Crippen LogP contribution in [0.25, 0.3) is 0 Å². The van der Waals surface area contributed by atoms with Gasteiger partial charge in [0.15, 0.2) is 0 Å². The highest BCUT2D eigenvalue weighted by molar-refractivity contribution is 5.90. The van der Waals surface area contributed by atoms with Crippen molar-refractivity contribution >= 4 is 17.8 Å². The van der Waals surface area contributed by atoms with E-state index >= 15 is 0 Å². The van der Waals surface area contributed by atoms with Gasteiger partial charge < -0.3 is 15.7 Å². The molecule has 0 aromatic heterocycles. The van der Waals surface area contributed by atoms with E-state index in [4.69, 9.17) is 0 Å². The maximum Gasteiger partial charge on any atom is 0.326 e. The van der Waals surface area contributed by atoms with E-state index in [1.54, 1.807) is 19.9 Å². The minimum absolute atomic E-state index is 0.182. The van der Waals surface area contributed by atoms with Crippen LogP contribution in [0.2, 0.25) is 0 Å². The Kier molecular flexibility index (Phi) is 6.68. The average Bonchev–Trinajstić information content (AvgIpc) is 2.45. The standard InChI is InChI=1S/C16H21FN2O4/c1-9(2)14(18-10(3)20)15(21)19-13(16(22)23)8-11-6-4-5-7-12(11)17/h4-7,9,13-14H,8H2,1-3H3,(H,18,20)(H,19,21)(H,22,23)/t13-,14-/m1/s1. The molecule has 126 valence electrons. The highest BCUT2D eigenvalue weighted by atomic mass is 19.1. The SMILES string of the molecule is CC(=O)N[C@@H](C(=O)N[C@H](Cc1ccccc1F)C(=O)O)C(C)C. The molecule has 0 saturated carbocycles. The van der Waals surface area contributed by atoms with Gasteiger partial charge in [-0.3, -0.25) is 9.59 Å². The lowest BCUT2D eigenvalue weighted by atomic mass is 10.0. The fourth-order valence-electron chi connectivity index (χ4n) is 2.10. The zero-order chi connectivity index (χ0) is 17.6. The van der Waals surface area contributed by atoms with Crippen molar-refractivity contribution in [1.29, 1.82) is 0 Å². The highest BCUT2D eigenvalue weighted by Crippen LogP contribution is 2.10. The molecule has 0 bridgehead atoms. The quantitative estimate of drug-likeness (QED) is 0.700. The van der Waals surface area contributed by atoms with Crippen LogP contribution in [0, 0.1) is 11.7 Å². The van der Waals surface area contributed by atoms with Crippen LogP contribution in [0.15, 0.2) is 24.3 Å². The number of benzene rings is 1. The Balaban J connectivity index is 2.86. The number of carboxylic acids is 1. The Bertz CT molecular complexity index is 589. The lowest BCUT2D eigenvalue weighted by molar-refractivity contribution is -0.142. The van der Waals surface area contributed by atoms with Gasteiger partial charge in [0.1, 0.15) is 17.9 Å². The van der Waals surface area contributed by atoms with Gasteiger partial charge >= 0.3 is 5.97 Å². The van der Waals surface area contributed by atoms with E-state index in [1.807, 2.05) is 0 Å². The number of aliphatic carboxylic acids is 1. The van der Waals surface area contributed by atoms with E-state index in [0.29, 0.717) is 0 Å². The van der Waals surface area contributed by atoms with E-state index in [2.05, 4.69) is 10.6 Å². The average molecular weight is 324 g/mol. The van der Waals surface area contributed by atoms with E-state index in [1.165, 1.54) is 25.1 Å². The molecule has 0 saturated heterocycles. The maximum atomic E-state index is 13.6. The molecule has 7 heteroatoms. The first-order chi connectivity index (χ1) is 10.7. The van der Waals surface area contributed by atoms with Crippen LogP contribution in [0.1, 0.15) is 26.3 Å². The van der Waals surface area contributed by atoms with Crippen molar-refractivity contribution in [2.45, 2.75) is 39.3 Å². The van der Waals surface area contributed by atoms with Gasteiger partial charge in [0, 0.05) is 13.3 Å².